The summed E-state index contributed by atoms with van der Waals surface area (Å²) >= 11 is 0. The van der Waals surface area contributed by atoms with Crippen LogP contribution in [0.3, 0.4) is 0 Å². The maximum Gasteiger partial charge on any atom is 0.251 e. The van der Waals surface area contributed by atoms with Crippen LogP contribution in [0, 0.1) is 5.82 Å². The molecular weight excluding hydrogens is 469 g/mol. The summed E-state index contributed by atoms with van der Waals surface area (Å²) in [5.74, 6) is -1.46. The number of hydrogen-bond donors (Lipinski definition) is 1. The van der Waals surface area contributed by atoms with E-state index in [2.05, 4.69) is 5.32 Å². The van der Waals surface area contributed by atoms with Gasteiger partial charge in [-0.25, -0.2) is 12.8 Å². The maximum absolute atomic E-state index is 14.1. The Labute approximate surface area is 204 Å². The topological polar surface area (TPSA) is 86.8 Å². The Morgan fingerprint density at radius 3 is 2.03 bits per heavy atom. The van der Waals surface area contributed by atoms with Gasteiger partial charge in [0.15, 0.2) is 0 Å². The third kappa shape index (κ3) is 5.75. The zero-order valence-corrected chi connectivity index (χ0v) is 19.8. The molecule has 4 rings (SSSR count). The number of halogens is 1. The van der Waals surface area contributed by atoms with Crippen molar-refractivity contribution in [2.45, 2.75) is 17.4 Å². The Kier molecular flexibility index (Phi) is 7.57. The van der Waals surface area contributed by atoms with E-state index in [9.17, 15) is 22.4 Å². The van der Waals surface area contributed by atoms with E-state index in [-0.39, 0.29) is 42.9 Å². The molecule has 0 spiro atoms. The number of carbonyl (C=O) groups excluding carboxylic acids is 2. The second-order valence-electron chi connectivity index (χ2n) is 8.24. The lowest BCUT2D eigenvalue weighted by Crippen LogP contribution is -2.56. The van der Waals surface area contributed by atoms with Crippen molar-refractivity contribution in [3.05, 3.63) is 102 Å². The minimum atomic E-state index is -4.02. The van der Waals surface area contributed by atoms with Crippen LogP contribution in [-0.2, 0) is 21.2 Å². The van der Waals surface area contributed by atoms with Crippen molar-refractivity contribution in [1.29, 1.82) is 0 Å². The molecule has 182 valence electrons. The molecule has 9 heteroatoms. The van der Waals surface area contributed by atoms with Gasteiger partial charge >= 0.3 is 0 Å². The highest BCUT2D eigenvalue weighted by molar-refractivity contribution is 7.89. The summed E-state index contributed by atoms with van der Waals surface area (Å²) in [7, 11) is -4.02. The molecule has 0 bridgehead atoms. The normalized spacial score (nSPS) is 15.4. The molecule has 35 heavy (non-hydrogen) atoms. The monoisotopic (exact) mass is 495 g/mol. The van der Waals surface area contributed by atoms with Gasteiger partial charge in [0.05, 0.1) is 0 Å². The van der Waals surface area contributed by atoms with Crippen molar-refractivity contribution in [1.82, 2.24) is 14.5 Å². The van der Waals surface area contributed by atoms with Crippen LogP contribution in [0.15, 0.2) is 89.8 Å². The van der Waals surface area contributed by atoms with E-state index >= 15 is 0 Å². The van der Waals surface area contributed by atoms with Crippen molar-refractivity contribution in [3.8, 4) is 0 Å². The summed E-state index contributed by atoms with van der Waals surface area (Å²) < 4.78 is 41.1. The average Bonchev–Trinajstić information content (AvgIpc) is 2.89. The molecule has 1 saturated heterocycles. The molecule has 1 heterocycles. The van der Waals surface area contributed by atoms with Crippen LogP contribution in [0.1, 0.15) is 15.9 Å². The molecule has 0 radical (unpaired) electrons. The predicted molar refractivity (Wildman–Crippen MR) is 130 cm³/mol. The largest absolute Gasteiger partial charge is 0.340 e. The van der Waals surface area contributed by atoms with E-state index < -0.39 is 21.9 Å². The van der Waals surface area contributed by atoms with Gasteiger partial charge in [0.2, 0.25) is 15.9 Å². The molecule has 1 aliphatic rings. The lowest BCUT2D eigenvalue weighted by Gasteiger charge is -2.36. The number of amides is 2. The fourth-order valence-electron chi connectivity index (χ4n) is 4.04. The number of piperazine rings is 1. The highest BCUT2D eigenvalue weighted by Crippen LogP contribution is 2.21. The lowest BCUT2D eigenvalue weighted by molar-refractivity contribution is -0.134. The Balaban J connectivity index is 1.47. The van der Waals surface area contributed by atoms with Gasteiger partial charge in [-0.15, -0.1) is 0 Å². The van der Waals surface area contributed by atoms with E-state index in [0.717, 1.165) is 11.6 Å². The summed E-state index contributed by atoms with van der Waals surface area (Å²) in [4.78, 5) is 27.4. The van der Waals surface area contributed by atoms with Crippen LogP contribution in [-0.4, -0.2) is 61.7 Å². The minimum Gasteiger partial charge on any atom is -0.340 e. The molecule has 0 saturated carbocycles. The summed E-state index contributed by atoms with van der Waals surface area (Å²) in [5.41, 5.74) is 1.33. The van der Waals surface area contributed by atoms with Gasteiger partial charge in [0.25, 0.3) is 5.91 Å². The van der Waals surface area contributed by atoms with Crippen LogP contribution in [0.5, 0.6) is 0 Å². The van der Waals surface area contributed by atoms with E-state index in [0.29, 0.717) is 12.0 Å². The fourth-order valence-corrected chi connectivity index (χ4v) is 5.53. The van der Waals surface area contributed by atoms with Crippen molar-refractivity contribution < 1.29 is 22.4 Å². The van der Waals surface area contributed by atoms with Crippen LogP contribution >= 0.6 is 0 Å². The van der Waals surface area contributed by atoms with Crippen molar-refractivity contribution in [2.75, 3.05) is 26.2 Å². The molecule has 7 nitrogen and oxygen atoms in total. The van der Waals surface area contributed by atoms with Gasteiger partial charge in [0.1, 0.15) is 16.8 Å². The zero-order valence-electron chi connectivity index (χ0n) is 19.0. The number of carbonyl (C=O) groups is 2. The number of nitrogens with one attached hydrogen (secondary N) is 1. The number of benzene rings is 3. The van der Waals surface area contributed by atoms with Crippen molar-refractivity contribution >= 4 is 21.8 Å². The van der Waals surface area contributed by atoms with Crippen molar-refractivity contribution in [2.24, 2.45) is 0 Å². The van der Waals surface area contributed by atoms with Gasteiger partial charge in [0, 0.05) is 38.2 Å². The second kappa shape index (κ2) is 10.8. The molecule has 3 aromatic carbocycles. The van der Waals surface area contributed by atoms with Crippen LogP contribution in [0.2, 0.25) is 0 Å². The first kappa shape index (κ1) is 24.6. The van der Waals surface area contributed by atoms with E-state index in [1.807, 2.05) is 30.3 Å². The quantitative estimate of drug-likeness (QED) is 0.546. The summed E-state index contributed by atoms with van der Waals surface area (Å²) in [5, 5.41) is 2.84. The van der Waals surface area contributed by atoms with Gasteiger partial charge in [-0.1, -0.05) is 60.7 Å². The smallest absolute Gasteiger partial charge is 0.251 e. The SMILES string of the molecule is O=C(N[C@H](Cc1ccccc1)C(=O)N1CCN(S(=O)(=O)c2ccccc2F)CC1)c1ccccc1. The van der Waals surface area contributed by atoms with Gasteiger partial charge in [-0.05, 0) is 29.8 Å². The first-order valence-electron chi connectivity index (χ1n) is 11.3. The Bertz CT molecular complexity index is 1280. The molecule has 1 N–H and O–H groups in total. The first-order chi connectivity index (χ1) is 16.9. The summed E-state index contributed by atoms with van der Waals surface area (Å²) in [6, 6.07) is 22.4. The minimum absolute atomic E-state index is 0.0348. The molecule has 0 aromatic heterocycles. The molecule has 3 aromatic rings. The van der Waals surface area contributed by atoms with Crippen LogP contribution in [0.25, 0.3) is 0 Å². The number of sulfonamides is 1. The molecule has 0 unspecified atom stereocenters. The second-order valence-corrected chi connectivity index (χ2v) is 10.1. The van der Waals surface area contributed by atoms with Gasteiger partial charge in [-0.3, -0.25) is 9.59 Å². The average molecular weight is 496 g/mol. The molecule has 1 fully saturated rings. The Morgan fingerprint density at radius 2 is 1.40 bits per heavy atom. The van der Waals surface area contributed by atoms with Crippen LogP contribution < -0.4 is 5.32 Å². The molecule has 0 aliphatic carbocycles. The highest BCUT2D eigenvalue weighted by Gasteiger charge is 2.34. The first-order valence-corrected chi connectivity index (χ1v) is 12.7. The van der Waals surface area contributed by atoms with Gasteiger partial charge in [-0.2, -0.15) is 4.31 Å². The predicted octanol–water partition coefficient (Wildman–Crippen LogP) is 2.70. The Morgan fingerprint density at radius 1 is 0.829 bits per heavy atom. The number of hydrogen-bond acceptors (Lipinski definition) is 4. The standard InChI is InChI=1S/C26H26FN3O4S/c27-22-13-7-8-14-24(22)35(33,34)30-17-15-29(16-18-30)26(32)23(19-20-9-3-1-4-10-20)28-25(31)21-11-5-2-6-12-21/h1-14,23H,15-19H2,(H,28,31)/t23-/m1/s1. The molecule has 1 atom stereocenters. The maximum atomic E-state index is 14.1. The van der Waals surface area contributed by atoms with E-state index in [4.69, 9.17) is 0 Å². The Hall–Kier alpha value is -3.56. The number of nitrogens with zero attached hydrogens (tertiary/aromatic N) is 2. The van der Waals surface area contributed by atoms with Crippen LogP contribution in [0.4, 0.5) is 4.39 Å². The molecular formula is C26H26FN3O4S. The fraction of sp³-hybridized carbons (Fsp3) is 0.231. The third-order valence-corrected chi connectivity index (χ3v) is 7.86. The molecule has 2 amide bonds. The summed E-state index contributed by atoms with van der Waals surface area (Å²) in [6.45, 7) is 0.345. The van der Waals surface area contributed by atoms with Crippen molar-refractivity contribution in [3.63, 3.8) is 0 Å². The lowest BCUT2D eigenvalue weighted by atomic mass is 10.0. The summed E-state index contributed by atoms with van der Waals surface area (Å²) in [6.07, 6.45) is 0.298. The zero-order chi connectivity index (χ0) is 24.8. The van der Waals surface area contributed by atoms with Gasteiger partial charge < -0.3 is 10.2 Å². The highest BCUT2D eigenvalue weighted by atomic mass is 32.2. The third-order valence-electron chi connectivity index (χ3n) is 5.93. The van der Waals surface area contributed by atoms with E-state index in [1.165, 1.54) is 22.5 Å². The number of rotatable bonds is 7. The van der Waals surface area contributed by atoms with E-state index in [1.54, 1.807) is 35.2 Å². The molecule has 1 aliphatic heterocycles.